The van der Waals surface area contributed by atoms with Crippen molar-refractivity contribution in [3.63, 3.8) is 0 Å². The largest absolute Gasteiger partial charge is 0.310 e. The van der Waals surface area contributed by atoms with E-state index >= 15 is 0 Å². The Morgan fingerprint density at radius 3 is 2.83 bits per heavy atom. The van der Waals surface area contributed by atoms with Gasteiger partial charge in [0.05, 0.1) is 5.02 Å². The number of halogens is 2. The lowest BCUT2D eigenvalue weighted by molar-refractivity contribution is 0.259. The van der Waals surface area contributed by atoms with Crippen molar-refractivity contribution in [2.75, 3.05) is 6.54 Å². The molecule has 1 saturated carbocycles. The molecule has 100 valence electrons. The van der Waals surface area contributed by atoms with Gasteiger partial charge in [-0.25, -0.2) is 4.39 Å². The van der Waals surface area contributed by atoms with Crippen molar-refractivity contribution in [3.8, 4) is 0 Å². The zero-order valence-corrected chi connectivity index (χ0v) is 11.6. The molecule has 1 aromatic carbocycles. The average molecular weight is 270 g/mol. The van der Waals surface area contributed by atoms with Crippen LogP contribution in [-0.4, -0.2) is 6.54 Å². The van der Waals surface area contributed by atoms with Gasteiger partial charge in [0, 0.05) is 11.6 Å². The van der Waals surface area contributed by atoms with Crippen LogP contribution in [0.25, 0.3) is 0 Å². The van der Waals surface area contributed by atoms with Crippen molar-refractivity contribution in [3.05, 3.63) is 34.6 Å². The quantitative estimate of drug-likeness (QED) is 0.789. The second-order valence-corrected chi connectivity index (χ2v) is 5.59. The van der Waals surface area contributed by atoms with Crippen molar-refractivity contribution in [2.45, 2.75) is 45.1 Å². The molecule has 0 aliphatic heterocycles. The molecule has 1 N–H and O–H groups in total. The Bertz CT molecular complexity index is 390. The van der Waals surface area contributed by atoms with Crippen LogP contribution < -0.4 is 5.32 Å². The van der Waals surface area contributed by atoms with Crippen molar-refractivity contribution in [1.82, 2.24) is 5.32 Å². The molecule has 0 bridgehead atoms. The second-order valence-electron chi connectivity index (χ2n) is 5.18. The van der Waals surface area contributed by atoms with E-state index in [1.54, 1.807) is 6.07 Å². The van der Waals surface area contributed by atoms with E-state index < -0.39 is 0 Å². The Morgan fingerprint density at radius 1 is 1.44 bits per heavy atom. The summed E-state index contributed by atoms with van der Waals surface area (Å²) in [6, 6.07) is 5.41. The fraction of sp³-hybridized carbons (Fsp3) is 0.600. The molecule has 2 rings (SSSR count). The molecule has 1 aliphatic carbocycles. The van der Waals surface area contributed by atoms with Gasteiger partial charge in [0.2, 0.25) is 0 Å². The van der Waals surface area contributed by atoms with Crippen LogP contribution in [0.3, 0.4) is 0 Å². The van der Waals surface area contributed by atoms with Crippen molar-refractivity contribution >= 4 is 11.6 Å². The van der Waals surface area contributed by atoms with Crippen LogP contribution in [0.15, 0.2) is 18.2 Å². The van der Waals surface area contributed by atoms with Crippen molar-refractivity contribution < 1.29 is 4.39 Å². The third kappa shape index (κ3) is 3.24. The van der Waals surface area contributed by atoms with Gasteiger partial charge in [-0.1, -0.05) is 49.9 Å². The highest BCUT2D eigenvalue weighted by Gasteiger charge is 2.24. The smallest absolute Gasteiger partial charge is 0.146 e. The average Bonchev–Trinajstić information content (AvgIpc) is 2.31. The third-order valence-corrected chi connectivity index (χ3v) is 4.08. The van der Waals surface area contributed by atoms with Crippen LogP contribution in [0, 0.1) is 11.7 Å². The molecule has 1 unspecified atom stereocenters. The lowest BCUT2D eigenvalue weighted by Gasteiger charge is -2.30. The number of rotatable bonds is 6. The first-order chi connectivity index (χ1) is 8.72. The summed E-state index contributed by atoms with van der Waals surface area (Å²) in [5, 5.41) is 3.68. The summed E-state index contributed by atoms with van der Waals surface area (Å²) < 4.78 is 14.1. The SMILES string of the molecule is CCCNC(CC1CCC1)c1cccc(Cl)c1F. The van der Waals surface area contributed by atoms with E-state index in [-0.39, 0.29) is 16.9 Å². The topological polar surface area (TPSA) is 12.0 Å². The molecule has 3 heteroatoms. The van der Waals surface area contributed by atoms with E-state index in [0.717, 1.165) is 30.9 Å². The molecule has 0 amide bonds. The maximum atomic E-state index is 14.1. The first kappa shape index (κ1) is 13.8. The molecule has 18 heavy (non-hydrogen) atoms. The Morgan fingerprint density at radius 2 is 2.22 bits per heavy atom. The molecule has 1 atom stereocenters. The van der Waals surface area contributed by atoms with Gasteiger partial charge in [-0.3, -0.25) is 0 Å². The summed E-state index contributed by atoms with van der Waals surface area (Å²) in [6.45, 7) is 3.05. The maximum Gasteiger partial charge on any atom is 0.146 e. The zero-order valence-electron chi connectivity index (χ0n) is 10.9. The molecule has 1 aliphatic rings. The highest BCUT2D eigenvalue weighted by Crippen LogP contribution is 2.36. The van der Waals surface area contributed by atoms with Crippen LogP contribution in [0.4, 0.5) is 4.39 Å². The first-order valence-corrected chi connectivity index (χ1v) is 7.27. The molecule has 1 nitrogen and oxygen atoms in total. The standard InChI is InChI=1S/C15H21ClFN/c1-2-9-18-14(10-11-5-3-6-11)12-7-4-8-13(16)15(12)17/h4,7-8,11,14,18H,2-3,5-6,9-10H2,1H3. The molecular weight excluding hydrogens is 249 g/mol. The van der Waals surface area contributed by atoms with Gasteiger partial charge in [0.25, 0.3) is 0 Å². The Kier molecular flexibility index (Phi) is 5.02. The predicted molar refractivity (Wildman–Crippen MR) is 74.4 cm³/mol. The third-order valence-electron chi connectivity index (χ3n) is 3.79. The van der Waals surface area contributed by atoms with Crippen molar-refractivity contribution in [2.24, 2.45) is 5.92 Å². The van der Waals surface area contributed by atoms with Crippen molar-refractivity contribution in [1.29, 1.82) is 0 Å². The Labute approximate surface area is 114 Å². The number of nitrogens with one attached hydrogen (secondary N) is 1. The molecule has 0 heterocycles. The fourth-order valence-corrected chi connectivity index (χ4v) is 2.67. The van der Waals surface area contributed by atoms with Gasteiger partial charge in [0.15, 0.2) is 0 Å². The minimum Gasteiger partial charge on any atom is -0.310 e. The second kappa shape index (κ2) is 6.53. The van der Waals surface area contributed by atoms with E-state index in [2.05, 4.69) is 12.2 Å². The van der Waals surface area contributed by atoms with E-state index in [1.165, 1.54) is 19.3 Å². The summed E-state index contributed by atoms with van der Waals surface area (Å²) in [4.78, 5) is 0. The van der Waals surface area contributed by atoms with Gasteiger partial charge in [0.1, 0.15) is 5.82 Å². The van der Waals surface area contributed by atoms with Gasteiger partial charge < -0.3 is 5.32 Å². The molecular formula is C15H21ClFN. The summed E-state index contributed by atoms with van der Waals surface area (Å²) in [7, 11) is 0. The first-order valence-electron chi connectivity index (χ1n) is 6.89. The Balaban J connectivity index is 2.12. The molecule has 0 radical (unpaired) electrons. The van der Waals surface area contributed by atoms with E-state index in [4.69, 9.17) is 11.6 Å². The number of benzene rings is 1. The summed E-state index contributed by atoms with van der Waals surface area (Å²) in [6.07, 6.45) is 5.97. The molecule has 0 aromatic heterocycles. The van der Waals surface area contributed by atoms with Crippen LogP contribution in [0.5, 0.6) is 0 Å². The van der Waals surface area contributed by atoms with Crippen LogP contribution in [0.2, 0.25) is 5.02 Å². The molecule has 0 saturated heterocycles. The monoisotopic (exact) mass is 269 g/mol. The van der Waals surface area contributed by atoms with E-state index in [9.17, 15) is 4.39 Å². The number of hydrogen-bond acceptors (Lipinski definition) is 1. The number of hydrogen-bond donors (Lipinski definition) is 1. The van der Waals surface area contributed by atoms with Gasteiger partial charge >= 0.3 is 0 Å². The van der Waals surface area contributed by atoms with Gasteiger partial charge in [-0.2, -0.15) is 0 Å². The van der Waals surface area contributed by atoms with Gasteiger partial charge in [-0.15, -0.1) is 0 Å². The predicted octanol–water partition coefficient (Wildman–Crippen LogP) is 4.71. The van der Waals surface area contributed by atoms with Gasteiger partial charge in [-0.05, 0) is 31.4 Å². The highest BCUT2D eigenvalue weighted by molar-refractivity contribution is 6.30. The van der Waals surface area contributed by atoms with E-state index in [1.807, 2.05) is 12.1 Å². The normalized spacial score (nSPS) is 17.5. The van der Waals surface area contributed by atoms with Crippen LogP contribution in [0.1, 0.15) is 50.6 Å². The van der Waals surface area contributed by atoms with E-state index in [0.29, 0.717) is 0 Å². The molecule has 0 spiro atoms. The summed E-state index contributed by atoms with van der Waals surface area (Å²) in [5.41, 5.74) is 0.725. The van der Waals surface area contributed by atoms with Crippen LogP contribution in [-0.2, 0) is 0 Å². The maximum absolute atomic E-state index is 14.1. The molecule has 1 fully saturated rings. The highest BCUT2D eigenvalue weighted by atomic mass is 35.5. The zero-order chi connectivity index (χ0) is 13.0. The lowest BCUT2D eigenvalue weighted by atomic mass is 9.79. The summed E-state index contributed by atoms with van der Waals surface area (Å²) in [5.74, 6) is 0.491. The lowest BCUT2D eigenvalue weighted by Crippen LogP contribution is -2.27. The van der Waals surface area contributed by atoms with Crippen LogP contribution >= 0.6 is 11.6 Å². The summed E-state index contributed by atoms with van der Waals surface area (Å²) >= 11 is 5.87. The molecule has 1 aromatic rings. The Hall–Kier alpha value is -0.600. The fourth-order valence-electron chi connectivity index (χ4n) is 2.49. The minimum atomic E-state index is -0.257. The minimum absolute atomic E-state index is 0.106.